The summed E-state index contributed by atoms with van der Waals surface area (Å²) in [4.78, 5) is 11.8. The molecule has 4 rings (SSSR count). The summed E-state index contributed by atoms with van der Waals surface area (Å²) >= 11 is 0. The number of carbonyl (C=O) groups excluding carboxylic acids is 1. The first-order valence-corrected chi connectivity index (χ1v) is 9.31. The van der Waals surface area contributed by atoms with Crippen LogP contribution in [-0.2, 0) is 4.79 Å². The molecule has 0 saturated heterocycles. The molecule has 0 N–H and O–H groups in total. The Kier molecular flexibility index (Phi) is 3.14. The Labute approximate surface area is 129 Å². The maximum absolute atomic E-state index is 11.8. The second kappa shape index (κ2) is 4.70. The summed E-state index contributed by atoms with van der Waals surface area (Å²) in [5, 5.41) is 0. The van der Waals surface area contributed by atoms with E-state index >= 15 is 0 Å². The molecule has 0 spiro atoms. The molecule has 0 aliphatic heterocycles. The summed E-state index contributed by atoms with van der Waals surface area (Å²) < 4.78 is 0. The molecule has 116 valence electrons. The summed E-state index contributed by atoms with van der Waals surface area (Å²) in [6, 6.07) is 0. The first-order chi connectivity index (χ1) is 10.1. The minimum absolute atomic E-state index is 0.319. The fourth-order valence-corrected chi connectivity index (χ4v) is 7.04. The molecule has 0 amide bonds. The van der Waals surface area contributed by atoms with Crippen LogP contribution in [0.5, 0.6) is 0 Å². The molecule has 0 aromatic rings. The number of rotatable bonds is 1. The average molecular weight is 286 g/mol. The molecule has 1 nitrogen and oxygen atoms in total. The lowest BCUT2D eigenvalue weighted by Gasteiger charge is -2.58. The SMILES string of the molecule is CC[C@@]12CCC[C@H]1[C@@H]1CC[C@H]3CC(=O)C=C[C@]3(C)[C@H]1CC2. The molecule has 0 radical (unpaired) electrons. The zero-order valence-electron chi connectivity index (χ0n) is 13.7. The standard InChI is InChI=1S/C20H30O/c1-3-20-10-4-5-18(20)16-7-6-14-13-15(21)8-11-19(14,2)17(16)9-12-20/h8,11,14,16-18H,3-7,9-10,12-13H2,1-2H3/t14-,16+,17-,18-,19-,20-/m0/s1. The van der Waals surface area contributed by atoms with Crippen LogP contribution in [0.4, 0.5) is 0 Å². The number of ketones is 1. The number of carbonyl (C=O) groups is 1. The minimum atomic E-state index is 0.319. The summed E-state index contributed by atoms with van der Waals surface area (Å²) in [5.74, 6) is 3.79. The van der Waals surface area contributed by atoms with E-state index in [4.69, 9.17) is 0 Å². The van der Waals surface area contributed by atoms with E-state index in [1.807, 2.05) is 6.08 Å². The number of allylic oxidation sites excluding steroid dienone is 2. The maximum Gasteiger partial charge on any atom is 0.155 e. The Morgan fingerprint density at radius 1 is 1.14 bits per heavy atom. The lowest BCUT2D eigenvalue weighted by Crippen LogP contribution is -2.51. The Bertz CT molecular complexity index is 478. The third kappa shape index (κ3) is 1.85. The summed E-state index contributed by atoms with van der Waals surface area (Å²) in [7, 11) is 0. The second-order valence-electron chi connectivity index (χ2n) is 8.67. The first-order valence-electron chi connectivity index (χ1n) is 9.31. The first kappa shape index (κ1) is 14.0. The lowest BCUT2D eigenvalue weighted by atomic mass is 9.46. The molecule has 3 saturated carbocycles. The van der Waals surface area contributed by atoms with Crippen LogP contribution in [0.15, 0.2) is 12.2 Å². The highest BCUT2D eigenvalue weighted by Gasteiger charge is 2.57. The monoisotopic (exact) mass is 286 g/mol. The molecular formula is C20H30O. The molecule has 0 aromatic carbocycles. The Balaban J connectivity index is 1.68. The highest BCUT2D eigenvalue weighted by Crippen LogP contribution is 2.65. The molecule has 0 aromatic heterocycles. The van der Waals surface area contributed by atoms with E-state index in [0.717, 1.165) is 24.2 Å². The van der Waals surface area contributed by atoms with Crippen molar-refractivity contribution in [1.82, 2.24) is 0 Å². The molecule has 3 fully saturated rings. The van der Waals surface area contributed by atoms with Crippen molar-refractivity contribution in [3.63, 3.8) is 0 Å². The summed E-state index contributed by atoms with van der Waals surface area (Å²) in [6.07, 6.45) is 16.5. The molecule has 1 heteroatoms. The Hall–Kier alpha value is -0.590. The van der Waals surface area contributed by atoms with Gasteiger partial charge in [0.05, 0.1) is 0 Å². The quantitative estimate of drug-likeness (QED) is 0.651. The van der Waals surface area contributed by atoms with Gasteiger partial charge in [0.2, 0.25) is 0 Å². The normalized spacial score (nSPS) is 52.2. The van der Waals surface area contributed by atoms with E-state index in [1.54, 1.807) is 0 Å². The van der Waals surface area contributed by atoms with Gasteiger partial charge in [-0.2, -0.15) is 0 Å². The summed E-state index contributed by atoms with van der Waals surface area (Å²) in [6.45, 7) is 4.91. The highest BCUT2D eigenvalue weighted by atomic mass is 16.1. The van der Waals surface area contributed by atoms with Gasteiger partial charge < -0.3 is 0 Å². The van der Waals surface area contributed by atoms with Crippen molar-refractivity contribution in [2.45, 2.75) is 71.6 Å². The van der Waals surface area contributed by atoms with Crippen molar-refractivity contribution >= 4 is 5.78 Å². The maximum atomic E-state index is 11.8. The van der Waals surface area contributed by atoms with Crippen LogP contribution in [-0.4, -0.2) is 5.78 Å². The molecule has 21 heavy (non-hydrogen) atoms. The molecule has 4 aliphatic carbocycles. The van der Waals surface area contributed by atoms with Gasteiger partial charge in [0.1, 0.15) is 0 Å². The van der Waals surface area contributed by atoms with E-state index in [-0.39, 0.29) is 0 Å². The van der Waals surface area contributed by atoms with Gasteiger partial charge in [-0.1, -0.05) is 32.8 Å². The Morgan fingerprint density at radius 2 is 2.00 bits per heavy atom. The van der Waals surface area contributed by atoms with Gasteiger partial charge in [-0.3, -0.25) is 4.79 Å². The van der Waals surface area contributed by atoms with Crippen LogP contribution in [0.2, 0.25) is 0 Å². The van der Waals surface area contributed by atoms with E-state index < -0.39 is 0 Å². The van der Waals surface area contributed by atoms with Crippen LogP contribution in [0, 0.1) is 34.5 Å². The number of hydrogen-bond donors (Lipinski definition) is 0. The smallest absolute Gasteiger partial charge is 0.155 e. The predicted molar refractivity (Wildman–Crippen MR) is 85.9 cm³/mol. The van der Waals surface area contributed by atoms with Crippen LogP contribution >= 0.6 is 0 Å². The minimum Gasteiger partial charge on any atom is -0.295 e. The van der Waals surface area contributed by atoms with Gasteiger partial charge >= 0.3 is 0 Å². The van der Waals surface area contributed by atoms with Crippen molar-refractivity contribution in [3.8, 4) is 0 Å². The third-order valence-corrected chi connectivity index (χ3v) is 8.27. The molecule has 4 aliphatic rings. The highest BCUT2D eigenvalue weighted by molar-refractivity contribution is 5.91. The number of fused-ring (bicyclic) bond motifs is 5. The molecule has 0 bridgehead atoms. The van der Waals surface area contributed by atoms with Crippen molar-refractivity contribution in [2.75, 3.05) is 0 Å². The van der Waals surface area contributed by atoms with Crippen molar-refractivity contribution in [3.05, 3.63) is 12.2 Å². The van der Waals surface area contributed by atoms with Gasteiger partial charge in [-0.25, -0.2) is 0 Å². The zero-order chi connectivity index (χ0) is 14.7. The third-order valence-electron chi connectivity index (χ3n) is 8.27. The molecule has 0 unspecified atom stereocenters. The fraction of sp³-hybridized carbons (Fsp3) is 0.850. The fourth-order valence-electron chi connectivity index (χ4n) is 7.04. The van der Waals surface area contributed by atoms with Crippen molar-refractivity contribution < 1.29 is 4.79 Å². The van der Waals surface area contributed by atoms with E-state index in [9.17, 15) is 4.79 Å². The predicted octanol–water partition coefficient (Wildman–Crippen LogP) is 5.15. The molecule has 6 atom stereocenters. The summed E-state index contributed by atoms with van der Waals surface area (Å²) in [5.41, 5.74) is 1.01. The molecular weight excluding hydrogens is 256 g/mol. The van der Waals surface area contributed by atoms with Gasteiger partial charge in [-0.05, 0) is 79.1 Å². The molecule has 0 heterocycles. The van der Waals surface area contributed by atoms with Gasteiger partial charge in [-0.15, -0.1) is 0 Å². The lowest BCUT2D eigenvalue weighted by molar-refractivity contribution is -0.122. The average Bonchev–Trinajstić information content (AvgIpc) is 2.92. The number of hydrogen-bond acceptors (Lipinski definition) is 1. The van der Waals surface area contributed by atoms with Crippen LogP contribution in [0.1, 0.15) is 71.6 Å². The largest absolute Gasteiger partial charge is 0.295 e. The van der Waals surface area contributed by atoms with E-state index in [0.29, 0.717) is 22.5 Å². The van der Waals surface area contributed by atoms with E-state index in [1.165, 1.54) is 51.4 Å². The van der Waals surface area contributed by atoms with Gasteiger partial charge in [0, 0.05) is 6.42 Å². The van der Waals surface area contributed by atoms with Crippen molar-refractivity contribution in [1.29, 1.82) is 0 Å². The van der Waals surface area contributed by atoms with Crippen LogP contribution in [0.25, 0.3) is 0 Å². The van der Waals surface area contributed by atoms with Gasteiger partial charge in [0.25, 0.3) is 0 Å². The second-order valence-corrected chi connectivity index (χ2v) is 8.67. The van der Waals surface area contributed by atoms with Crippen LogP contribution < -0.4 is 0 Å². The zero-order valence-corrected chi connectivity index (χ0v) is 13.7. The van der Waals surface area contributed by atoms with Gasteiger partial charge in [0.15, 0.2) is 5.78 Å². The Morgan fingerprint density at radius 3 is 2.81 bits per heavy atom. The van der Waals surface area contributed by atoms with Crippen molar-refractivity contribution in [2.24, 2.45) is 34.5 Å². The van der Waals surface area contributed by atoms with E-state index in [2.05, 4.69) is 19.9 Å². The topological polar surface area (TPSA) is 17.1 Å². The van der Waals surface area contributed by atoms with Crippen LogP contribution in [0.3, 0.4) is 0 Å².